The molecule has 0 bridgehead atoms. The normalized spacial score (nSPS) is 24.2. The largest absolute Gasteiger partial charge is 0.352 e. The van der Waals surface area contributed by atoms with Gasteiger partial charge in [0.05, 0.1) is 11.8 Å². The zero-order valence-electron chi connectivity index (χ0n) is 14.5. The van der Waals surface area contributed by atoms with Crippen molar-refractivity contribution < 1.29 is 4.79 Å². The number of rotatable bonds is 6. The zero-order chi connectivity index (χ0) is 17.1. The molecular formula is C20H26N4O. The van der Waals surface area contributed by atoms with Crippen molar-refractivity contribution in [3.8, 4) is 0 Å². The fourth-order valence-corrected chi connectivity index (χ4v) is 3.98. The number of carbonyl (C=O) groups excluding carboxylic acids is 1. The Morgan fingerprint density at radius 2 is 2.04 bits per heavy atom. The molecule has 5 heteroatoms. The number of aromatic nitrogens is 2. The molecule has 1 aromatic carbocycles. The average molecular weight is 338 g/mol. The summed E-state index contributed by atoms with van der Waals surface area (Å²) >= 11 is 0. The fourth-order valence-electron chi connectivity index (χ4n) is 3.98. The van der Waals surface area contributed by atoms with Crippen LogP contribution in [0.5, 0.6) is 0 Å². The first-order valence-electron chi connectivity index (χ1n) is 9.34. The Bertz CT molecular complexity index is 677. The Hall–Kier alpha value is -2.14. The molecule has 132 valence electrons. The van der Waals surface area contributed by atoms with E-state index in [9.17, 15) is 4.79 Å². The van der Waals surface area contributed by atoms with Gasteiger partial charge >= 0.3 is 0 Å². The fraction of sp³-hybridized carbons (Fsp3) is 0.500. The van der Waals surface area contributed by atoms with Crippen molar-refractivity contribution >= 4 is 5.91 Å². The minimum absolute atomic E-state index is 0.0279. The van der Waals surface area contributed by atoms with Crippen LogP contribution in [0.15, 0.2) is 42.7 Å². The number of H-pyrrole nitrogens is 1. The lowest BCUT2D eigenvalue weighted by Gasteiger charge is -2.32. The van der Waals surface area contributed by atoms with E-state index in [1.807, 2.05) is 0 Å². The van der Waals surface area contributed by atoms with Crippen molar-refractivity contribution in [2.75, 3.05) is 26.2 Å². The van der Waals surface area contributed by atoms with E-state index in [-0.39, 0.29) is 5.91 Å². The van der Waals surface area contributed by atoms with Crippen molar-refractivity contribution in [2.24, 2.45) is 11.8 Å². The second kappa shape index (κ2) is 7.40. The predicted molar refractivity (Wildman–Crippen MR) is 97.4 cm³/mol. The molecule has 1 aliphatic carbocycles. The number of amides is 1. The topological polar surface area (TPSA) is 61.0 Å². The number of nitrogens with one attached hydrogen (secondary N) is 2. The number of carbonyl (C=O) groups is 1. The van der Waals surface area contributed by atoms with E-state index in [0.717, 1.165) is 31.5 Å². The molecule has 1 saturated carbocycles. The summed E-state index contributed by atoms with van der Waals surface area (Å²) in [6.45, 7) is 4.32. The molecule has 1 aliphatic heterocycles. The third kappa shape index (κ3) is 4.10. The molecule has 4 rings (SSSR count). The average Bonchev–Trinajstić information content (AvgIpc) is 3.19. The van der Waals surface area contributed by atoms with Crippen LogP contribution in [0, 0.1) is 11.8 Å². The standard InChI is InChI=1S/C20H26N4O/c25-20(18-12-22-23-13-18)21-11-15-6-8-24(9-7-15)14-17-10-19(17)16-4-2-1-3-5-16/h1-5,12-13,15,17,19H,6-11,14H2,(H,21,25)(H,22,23)/t17-,19-/m0/s1. The first-order valence-corrected chi connectivity index (χ1v) is 9.34. The summed E-state index contributed by atoms with van der Waals surface area (Å²) in [5, 5.41) is 9.53. The number of hydrogen-bond donors (Lipinski definition) is 2. The number of piperidine rings is 1. The third-order valence-electron chi connectivity index (χ3n) is 5.66. The van der Waals surface area contributed by atoms with E-state index in [1.165, 1.54) is 31.4 Å². The van der Waals surface area contributed by atoms with Crippen LogP contribution in [0.2, 0.25) is 0 Å². The second-order valence-electron chi connectivity index (χ2n) is 7.45. The van der Waals surface area contributed by atoms with Crippen LogP contribution in [0.25, 0.3) is 0 Å². The van der Waals surface area contributed by atoms with E-state index in [0.29, 0.717) is 11.5 Å². The summed E-state index contributed by atoms with van der Waals surface area (Å²) in [6.07, 6.45) is 6.89. The molecule has 2 fully saturated rings. The van der Waals surface area contributed by atoms with Crippen LogP contribution in [-0.4, -0.2) is 47.2 Å². The first kappa shape index (κ1) is 16.3. The van der Waals surface area contributed by atoms with Gasteiger partial charge in [0.1, 0.15) is 0 Å². The van der Waals surface area contributed by atoms with Crippen LogP contribution < -0.4 is 5.32 Å². The number of aromatic amines is 1. The summed E-state index contributed by atoms with van der Waals surface area (Å²) in [5.41, 5.74) is 2.11. The van der Waals surface area contributed by atoms with Crippen molar-refractivity contribution in [1.29, 1.82) is 0 Å². The molecule has 2 atom stereocenters. The minimum Gasteiger partial charge on any atom is -0.352 e. The smallest absolute Gasteiger partial charge is 0.254 e. The molecule has 1 aromatic heterocycles. The molecule has 2 N–H and O–H groups in total. The van der Waals surface area contributed by atoms with Crippen LogP contribution in [0.3, 0.4) is 0 Å². The Kier molecular flexibility index (Phi) is 4.83. The van der Waals surface area contributed by atoms with Crippen molar-refractivity contribution in [3.05, 3.63) is 53.9 Å². The molecule has 2 aliphatic rings. The summed E-state index contributed by atoms with van der Waals surface area (Å²) in [4.78, 5) is 14.6. The highest BCUT2D eigenvalue weighted by molar-refractivity contribution is 5.93. The van der Waals surface area contributed by atoms with Gasteiger partial charge in [0.15, 0.2) is 0 Å². The summed E-state index contributed by atoms with van der Waals surface area (Å²) < 4.78 is 0. The van der Waals surface area contributed by atoms with E-state index in [4.69, 9.17) is 0 Å². The third-order valence-corrected chi connectivity index (χ3v) is 5.66. The minimum atomic E-state index is -0.0279. The lowest BCUT2D eigenvalue weighted by atomic mass is 9.96. The Balaban J connectivity index is 1.16. The molecule has 0 unspecified atom stereocenters. The van der Waals surface area contributed by atoms with Gasteiger partial charge in [-0.15, -0.1) is 0 Å². The van der Waals surface area contributed by atoms with Crippen LogP contribution >= 0.6 is 0 Å². The van der Waals surface area contributed by atoms with E-state index in [2.05, 4.69) is 50.7 Å². The van der Waals surface area contributed by atoms with Gasteiger partial charge in [0.25, 0.3) is 5.91 Å². The molecule has 1 saturated heterocycles. The molecule has 0 spiro atoms. The van der Waals surface area contributed by atoms with Gasteiger partial charge in [0, 0.05) is 19.3 Å². The summed E-state index contributed by atoms with van der Waals surface area (Å²) in [5.74, 6) is 2.17. The predicted octanol–water partition coefficient (Wildman–Crippen LogP) is 2.66. The quantitative estimate of drug-likeness (QED) is 0.851. The highest BCUT2D eigenvalue weighted by atomic mass is 16.1. The van der Waals surface area contributed by atoms with Gasteiger partial charge in [-0.3, -0.25) is 9.89 Å². The summed E-state index contributed by atoms with van der Waals surface area (Å²) in [7, 11) is 0. The second-order valence-corrected chi connectivity index (χ2v) is 7.45. The van der Waals surface area contributed by atoms with E-state index < -0.39 is 0 Å². The summed E-state index contributed by atoms with van der Waals surface area (Å²) in [6, 6.07) is 10.9. The first-order chi connectivity index (χ1) is 12.3. The van der Waals surface area contributed by atoms with E-state index in [1.54, 1.807) is 12.4 Å². The van der Waals surface area contributed by atoms with Gasteiger partial charge in [-0.05, 0) is 55.7 Å². The van der Waals surface area contributed by atoms with Gasteiger partial charge in [-0.1, -0.05) is 30.3 Å². The lowest BCUT2D eigenvalue weighted by molar-refractivity contribution is 0.0935. The van der Waals surface area contributed by atoms with Gasteiger partial charge in [-0.2, -0.15) is 5.10 Å². The number of nitrogens with zero attached hydrogens (tertiary/aromatic N) is 2. The number of likely N-dealkylation sites (tertiary alicyclic amines) is 1. The Labute approximate surface area is 148 Å². The SMILES string of the molecule is O=C(NCC1CCN(C[C@@H]2C[C@H]2c2ccccc2)CC1)c1cn[nH]c1. The number of benzene rings is 1. The van der Waals surface area contributed by atoms with Crippen molar-refractivity contribution in [3.63, 3.8) is 0 Å². The van der Waals surface area contributed by atoms with E-state index >= 15 is 0 Å². The maximum Gasteiger partial charge on any atom is 0.254 e. The number of hydrogen-bond acceptors (Lipinski definition) is 3. The van der Waals surface area contributed by atoms with Crippen LogP contribution in [0.1, 0.15) is 41.1 Å². The molecule has 2 aromatic rings. The highest BCUT2D eigenvalue weighted by Gasteiger charge is 2.39. The highest BCUT2D eigenvalue weighted by Crippen LogP contribution is 2.47. The van der Waals surface area contributed by atoms with Crippen molar-refractivity contribution in [1.82, 2.24) is 20.4 Å². The Morgan fingerprint density at radius 1 is 1.24 bits per heavy atom. The van der Waals surface area contributed by atoms with Gasteiger partial charge < -0.3 is 10.2 Å². The maximum absolute atomic E-state index is 12.0. The molecule has 1 amide bonds. The maximum atomic E-state index is 12.0. The molecule has 0 radical (unpaired) electrons. The molecular weight excluding hydrogens is 312 g/mol. The molecule has 2 heterocycles. The van der Waals surface area contributed by atoms with Gasteiger partial charge in [0.2, 0.25) is 0 Å². The monoisotopic (exact) mass is 338 g/mol. The lowest BCUT2D eigenvalue weighted by Crippen LogP contribution is -2.39. The van der Waals surface area contributed by atoms with Gasteiger partial charge in [-0.25, -0.2) is 0 Å². The van der Waals surface area contributed by atoms with Crippen molar-refractivity contribution in [2.45, 2.75) is 25.2 Å². The molecule has 25 heavy (non-hydrogen) atoms. The molecule has 5 nitrogen and oxygen atoms in total. The van der Waals surface area contributed by atoms with Crippen LogP contribution in [0.4, 0.5) is 0 Å². The van der Waals surface area contributed by atoms with Crippen LogP contribution in [-0.2, 0) is 0 Å². The Morgan fingerprint density at radius 3 is 2.76 bits per heavy atom. The zero-order valence-corrected chi connectivity index (χ0v) is 14.5.